The molecule has 1 saturated heterocycles. The summed E-state index contributed by atoms with van der Waals surface area (Å²) in [6.45, 7) is 0.601. The molecule has 1 fully saturated rings. The van der Waals surface area contributed by atoms with E-state index in [9.17, 15) is 13.2 Å². The van der Waals surface area contributed by atoms with Crippen LogP contribution in [0.4, 0.5) is 5.69 Å². The Hall–Kier alpha value is -3.52. The summed E-state index contributed by atoms with van der Waals surface area (Å²) in [4.78, 5) is 15.4. The molecular weight excluding hydrogens is 440 g/mol. The number of hydrogen-bond acceptors (Lipinski definition) is 5. The fourth-order valence-electron chi connectivity index (χ4n) is 4.13. The van der Waals surface area contributed by atoms with Crippen molar-refractivity contribution >= 4 is 21.6 Å². The molecule has 33 heavy (non-hydrogen) atoms. The van der Waals surface area contributed by atoms with Crippen LogP contribution in [0.3, 0.4) is 0 Å². The third-order valence-electron chi connectivity index (χ3n) is 5.72. The molecule has 8 heteroatoms. The maximum atomic E-state index is 13.4. The van der Waals surface area contributed by atoms with E-state index in [2.05, 4.69) is 4.72 Å². The van der Waals surface area contributed by atoms with Gasteiger partial charge in [0.25, 0.3) is 15.9 Å². The standard InChI is InChI=1S/C25H26N2O5S/c1-31-20-13-14-24(32-2)22(17-20)23-12-7-15-27(23)25(28)18-8-6-9-19(16-18)26-33(29,30)21-10-4-3-5-11-21/h3-6,8-11,13-14,16-17,23,26H,7,12,15H2,1-2H3. The number of nitrogens with zero attached hydrogens (tertiary/aromatic N) is 1. The Kier molecular flexibility index (Phi) is 6.55. The number of nitrogens with one attached hydrogen (secondary N) is 1. The van der Waals surface area contributed by atoms with Crippen molar-refractivity contribution < 1.29 is 22.7 Å². The van der Waals surface area contributed by atoms with E-state index < -0.39 is 10.0 Å². The third kappa shape index (κ3) is 4.80. The molecule has 0 saturated carbocycles. The zero-order chi connectivity index (χ0) is 23.4. The number of sulfonamides is 1. The van der Waals surface area contributed by atoms with Crippen LogP contribution >= 0.6 is 0 Å². The number of likely N-dealkylation sites (tertiary alicyclic amines) is 1. The van der Waals surface area contributed by atoms with Gasteiger partial charge in [-0.25, -0.2) is 8.42 Å². The summed E-state index contributed by atoms with van der Waals surface area (Å²) in [5, 5.41) is 0. The minimum absolute atomic E-state index is 0.159. The number of methoxy groups -OCH3 is 2. The van der Waals surface area contributed by atoms with Crippen molar-refractivity contribution in [1.29, 1.82) is 0 Å². The van der Waals surface area contributed by atoms with Gasteiger partial charge < -0.3 is 14.4 Å². The first-order chi connectivity index (χ1) is 15.9. The highest BCUT2D eigenvalue weighted by molar-refractivity contribution is 7.92. The maximum Gasteiger partial charge on any atom is 0.261 e. The van der Waals surface area contributed by atoms with E-state index in [1.54, 1.807) is 56.7 Å². The van der Waals surface area contributed by atoms with Gasteiger partial charge >= 0.3 is 0 Å². The number of benzene rings is 3. The molecule has 1 aliphatic heterocycles. The predicted molar refractivity (Wildman–Crippen MR) is 126 cm³/mol. The Balaban J connectivity index is 1.60. The average molecular weight is 467 g/mol. The molecule has 1 aliphatic rings. The van der Waals surface area contributed by atoms with Gasteiger partial charge in [-0.3, -0.25) is 9.52 Å². The number of rotatable bonds is 7. The fourth-order valence-corrected chi connectivity index (χ4v) is 5.20. The lowest BCUT2D eigenvalue weighted by atomic mass is 10.0. The Morgan fingerprint density at radius 3 is 2.48 bits per heavy atom. The molecule has 3 aromatic rings. The number of carbonyl (C=O) groups is 1. The van der Waals surface area contributed by atoms with Crippen molar-refractivity contribution in [3.63, 3.8) is 0 Å². The first-order valence-electron chi connectivity index (χ1n) is 10.6. The molecule has 1 N–H and O–H groups in total. The zero-order valence-electron chi connectivity index (χ0n) is 18.5. The normalized spacial score (nSPS) is 15.8. The first kappa shape index (κ1) is 22.7. The largest absolute Gasteiger partial charge is 0.497 e. The van der Waals surface area contributed by atoms with Crippen molar-refractivity contribution in [2.75, 3.05) is 25.5 Å². The van der Waals surface area contributed by atoms with Gasteiger partial charge in [0.15, 0.2) is 0 Å². The summed E-state index contributed by atoms with van der Waals surface area (Å²) >= 11 is 0. The van der Waals surface area contributed by atoms with Crippen LogP contribution in [0.15, 0.2) is 77.7 Å². The van der Waals surface area contributed by atoms with E-state index in [1.165, 1.54) is 12.1 Å². The van der Waals surface area contributed by atoms with E-state index in [0.717, 1.165) is 18.4 Å². The minimum Gasteiger partial charge on any atom is -0.497 e. The van der Waals surface area contributed by atoms with Crippen LogP contribution in [0.2, 0.25) is 0 Å². The zero-order valence-corrected chi connectivity index (χ0v) is 19.3. The smallest absolute Gasteiger partial charge is 0.261 e. The maximum absolute atomic E-state index is 13.4. The van der Waals surface area contributed by atoms with Crippen molar-refractivity contribution in [1.82, 2.24) is 4.90 Å². The third-order valence-corrected chi connectivity index (χ3v) is 7.12. The second kappa shape index (κ2) is 9.54. The molecule has 3 aromatic carbocycles. The number of ether oxygens (including phenoxy) is 2. The molecule has 0 aliphatic carbocycles. The summed E-state index contributed by atoms with van der Waals surface area (Å²) in [7, 11) is -0.542. The monoisotopic (exact) mass is 466 g/mol. The van der Waals surface area contributed by atoms with Gasteiger partial charge in [-0.05, 0) is 61.4 Å². The first-order valence-corrected chi connectivity index (χ1v) is 12.1. The molecule has 1 atom stereocenters. The Bertz CT molecular complexity index is 1240. The molecule has 0 aromatic heterocycles. The van der Waals surface area contributed by atoms with Gasteiger partial charge in [-0.2, -0.15) is 0 Å². The van der Waals surface area contributed by atoms with Crippen LogP contribution in [0, 0.1) is 0 Å². The average Bonchev–Trinajstić information content (AvgIpc) is 3.33. The number of anilines is 1. The van der Waals surface area contributed by atoms with E-state index in [-0.39, 0.29) is 16.8 Å². The SMILES string of the molecule is COc1ccc(OC)c(C2CCCN2C(=O)c2cccc(NS(=O)(=O)c3ccccc3)c2)c1. The van der Waals surface area contributed by atoms with Gasteiger partial charge in [-0.1, -0.05) is 24.3 Å². The second-order valence-corrected chi connectivity index (χ2v) is 9.45. The number of hydrogen-bond donors (Lipinski definition) is 1. The highest BCUT2D eigenvalue weighted by Crippen LogP contribution is 2.39. The lowest BCUT2D eigenvalue weighted by Crippen LogP contribution is -2.30. The molecule has 0 bridgehead atoms. The van der Waals surface area contributed by atoms with E-state index in [4.69, 9.17) is 9.47 Å². The van der Waals surface area contributed by atoms with E-state index in [0.29, 0.717) is 29.3 Å². The van der Waals surface area contributed by atoms with Crippen molar-refractivity contribution in [3.8, 4) is 11.5 Å². The van der Waals surface area contributed by atoms with E-state index in [1.807, 2.05) is 23.1 Å². The summed E-state index contributed by atoms with van der Waals surface area (Å²) < 4.78 is 38.8. The summed E-state index contributed by atoms with van der Waals surface area (Å²) in [5.74, 6) is 1.23. The summed E-state index contributed by atoms with van der Waals surface area (Å²) in [6, 6.07) is 20.1. The minimum atomic E-state index is -3.75. The highest BCUT2D eigenvalue weighted by atomic mass is 32.2. The van der Waals surface area contributed by atoms with Crippen LogP contribution in [0.5, 0.6) is 11.5 Å². The van der Waals surface area contributed by atoms with Crippen molar-refractivity contribution in [3.05, 3.63) is 83.9 Å². The summed E-state index contributed by atoms with van der Waals surface area (Å²) in [5.41, 5.74) is 1.64. The predicted octanol–water partition coefficient (Wildman–Crippen LogP) is 4.48. The van der Waals surface area contributed by atoms with Crippen LogP contribution in [-0.2, 0) is 10.0 Å². The van der Waals surface area contributed by atoms with Crippen molar-refractivity contribution in [2.45, 2.75) is 23.8 Å². The second-order valence-electron chi connectivity index (χ2n) is 7.76. The van der Waals surface area contributed by atoms with Crippen LogP contribution < -0.4 is 14.2 Å². The van der Waals surface area contributed by atoms with E-state index >= 15 is 0 Å². The lowest BCUT2D eigenvalue weighted by molar-refractivity contribution is 0.0734. The number of carbonyl (C=O) groups excluding carboxylic acids is 1. The van der Waals surface area contributed by atoms with Gasteiger partial charge in [0.2, 0.25) is 0 Å². The van der Waals surface area contributed by atoms with Gasteiger partial charge in [0, 0.05) is 23.4 Å². The quantitative estimate of drug-likeness (QED) is 0.555. The molecule has 1 amide bonds. The molecule has 172 valence electrons. The van der Waals surface area contributed by atoms with Crippen LogP contribution in [0.25, 0.3) is 0 Å². The molecule has 0 spiro atoms. The lowest BCUT2D eigenvalue weighted by Gasteiger charge is -2.27. The number of amides is 1. The molecular formula is C25H26N2O5S. The van der Waals surface area contributed by atoms with Crippen molar-refractivity contribution in [2.24, 2.45) is 0 Å². The Morgan fingerprint density at radius 1 is 0.970 bits per heavy atom. The fraction of sp³-hybridized carbons (Fsp3) is 0.240. The molecule has 7 nitrogen and oxygen atoms in total. The Labute approximate surface area is 194 Å². The van der Waals surface area contributed by atoms with Crippen LogP contribution in [-0.4, -0.2) is 40.0 Å². The van der Waals surface area contributed by atoms with Crippen LogP contribution in [0.1, 0.15) is 34.8 Å². The van der Waals surface area contributed by atoms with Gasteiger partial charge in [-0.15, -0.1) is 0 Å². The molecule has 1 unspecified atom stereocenters. The topological polar surface area (TPSA) is 84.9 Å². The van der Waals surface area contributed by atoms with Gasteiger partial charge in [0.1, 0.15) is 11.5 Å². The molecule has 4 rings (SSSR count). The highest BCUT2D eigenvalue weighted by Gasteiger charge is 2.33. The summed E-state index contributed by atoms with van der Waals surface area (Å²) in [6.07, 6.45) is 1.66. The molecule has 1 heterocycles. The molecule has 0 radical (unpaired) electrons. The van der Waals surface area contributed by atoms with Gasteiger partial charge in [0.05, 0.1) is 25.2 Å². The Morgan fingerprint density at radius 2 is 1.76 bits per heavy atom.